The van der Waals surface area contributed by atoms with Crippen LogP contribution in [-0.4, -0.2) is 24.3 Å². The first-order chi connectivity index (χ1) is 14.0. The average Bonchev–Trinajstić information content (AvgIpc) is 3.05. The van der Waals surface area contributed by atoms with Crippen molar-refractivity contribution >= 4 is 11.4 Å². The minimum atomic E-state index is -0.276. The normalized spacial score (nSPS) is 22.1. The number of benzene rings is 2. The Morgan fingerprint density at radius 3 is 2.72 bits per heavy atom. The van der Waals surface area contributed by atoms with Gasteiger partial charge in [-0.2, -0.15) is 5.10 Å². The predicted molar refractivity (Wildman–Crippen MR) is 121 cm³/mol. The van der Waals surface area contributed by atoms with Gasteiger partial charge in [0.05, 0.1) is 11.3 Å². The molecule has 0 saturated heterocycles. The third-order valence-electron chi connectivity index (χ3n) is 5.78. The molecule has 4 rings (SSSR count). The summed E-state index contributed by atoms with van der Waals surface area (Å²) in [5, 5.41) is 10.4. The van der Waals surface area contributed by atoms with Crippen molar-refractivity contribution in [1.29, 1.82) is 0 Å². The van der Waals surface area contributed by atoms with Gasteiger partial charge in [-0.25, -0.2) is 4.39 Å². The minimum Gasteiger partial charge on any atom is -0.384 e. The van der Waals surface area contributed by atoms with Crippen LogP contribution in [0.4, 0.5) is 10.1 Å². The average molecular weight is 392 g/mol. The van der Waals surface area contributed by atoms with Crippen molar-refractivity contribution in [2.24, 2.45) is 11.0 Å². The number of nitrogens with zero attached hydrogens (tertiary/aromatic N) is 2. The summed E-state index contributed by atoms with van der Waals surface area (Å²) in [4.78, 5) is 0. The van der Waals surface area contributed by atoms with Crippen LogP contribution in [0.3, 0.4) is 0 Å². The molecule has 0 amide bonds. The maximum atomic E-state index is 14.5. The molecule has 2 heterocycles. The molecule has 0 saturated carbocycles. The molecule has 2 aliphatic heterocycles. The van der Waals surface area contributed by atoms with Crippen LogP contribution in [0.2, 0.25) is 0 Å². The number of para-hydroxylation sites is 1. The van der Waals surface area contributed by atoms with Gasteiger partial charge >= 0.3 is 0 Å². The van der Waals surface area contributed by atoms with Crippen LogP contribution in [0.15, 0.2) is 72.9 Å². The van der Waals surface area contributed by atoms with Crippen LogP contribution in [0.25, 0.3) is 0 Å². The van der Waals surface area contributed by atoms with Gasteiger partial charge < -0.3 is 5.32 Å². The Morgan fingerprint density at radius 1 is 1.28 bits per heavy atom. The zero-order valence-electron chi connectivity index (χ0n) is 17.6. The summed E-state index contributed by atoms with van der Waals surface area (Å²) in [6.45, 7) is 12.0. The number of anilines is 1. The SMILES string of the molecule is C=CC.C=CCC1CNc2ccccc2C12CC(c1cc(C)ccc1F)=NN2C. The summed E-state index contributed by atoms with van der Waals surface area (Å²) in [7, 11) is 2.01. The highest BCUT2D eigenvalue weighted by Crippen LogP contribution is 2.50. The number of allylic oxidation sites excluding steroid dienone is 2. The van der Waals surface area contributed by atoms with Crippen molar-refractivity contribution in [3.63, 3.8) is 0 Å². The molecular formula is C25H30FN3. The zero-order valence-corrected chi connectivity index (χ0v) is 17.6. The fourth-order valence-electron chi connectivity index (χ4n) is 4.48. The molecule has 0 radical (unpaired) electrons. The van der Waals surface area contributed by atoms with E-state index >= 15 is 0 Å². The molecular weight excluding hydrogens is 361 g/mol. The standard InChI is InChI=1S/C22H24FN3.C3H6/c1-4-7-16-14-24-20-9-6-5-8-18(20)22(16)13-21(25-26(22)3)17-12-15(2)10-11-19(17)23;1-3-2/h4-6,8-12,16,24H,1,7,13-14H2,2-3H3;3H,1H2,2H3. The lowest BCUT2D eigenvalue weighted by molar-refractivity contribution is 0.0806. The van der Waals surface area contributed by atoms with Crippen molar-refractivity contribution in [2.45, 2.75) is 32.2 Å². The van der Waals surface area contributed by atoms with E-state index in [1.807, 2.05) is 39.1 Å². The number of aryl methyl sites for hydroxylation is 1. The van der Waals surface area contributed by atoms with Crippen LogP contribution in [0.5, 0.6) is 0 Å². The molecule has 2 atom stereocenters. The molecule has 1 spiro atoms. The van der Waals surface area contributed by atoms with E-state index in [0.717, 1.165) is 29.9 Å². The summed E-state index contributed by atoms with van der Waals surface area (Å²) >= 11 is 0. The molecule has 3 nitrogen and oxygen atoms in total. The van der Waals surface area contributed by atoms with E-state index in [2.05, 4.69) is 41.7 Å². The van der Waals surface area contributed by atoms with E-state index in [-0.39, 0.29) is 11.4 Å². The molecule has 2 aromatic rings. The van der Waals surface area contributed by atoms with Crippen molar-refractivity contribution < 1.29 is 4.39 Å². The highest BCUT2D eigenvalue weighted by atomic mass is 19.1. The lowest BCUT2D eigenvalue weighted by atomic mass is 9.70. The first-order valence-electron chi connectivity index (χ1n) is 10.1. The van der Waals surface area contributed by atoms with Gasteiger partial charge in [0, 0.05) is 42.7 Å². The number of rotatable bonds is 3. The third kappa shape index (κ3) is 3.71. The van der Waals surface area contributed by atoms with Crippen molar-refractivity contribution in [3.8, 4) is 0 Å². The van der Waals surface area contributed by atoms with Crippen LogP contribution in [0, 0.1) is 18.7 Å². The minimum absolute atomic E-state index is 0.206. The van der Waals surface area contributed by atoms with Gasteiger partial charge in [-0.1, -0.05) is 42.0 Å². The zero-order chi connectivity index (χ0) is 21.0. The molecule has 2 aromatic carbocycles. The number of hydrazone groups is 1. The Labute approximate surface area is 173 Å². The fourth-order valence-corrected chi connectivity index (χ4v) is 4.48. The van der Waals surface area contributed by atoms with Crippen LogP contribution in [-0.2, 0) is 5.54 Å². The first kappa shape index (κ1) is 20.8. The molecule has 0 aliphatic carbocycles. The number of halogens is 1. The van der Waals surface area contributed by atoms with Crippen molar-refractivity contribution in [1.82, 2.24) is 5.01 Å². The largest absolute Gasteiger partial charge is 0.384 e. The lowest BCUT2D eigenvalue weighted by Gasteiger charge is -2.46. The van der Waals surface area contributed by atoms with E-state index in [0.29, 0.717) is 17.9 Å². The van der Waals surface area contributed by atoms with Crippen LogP contribution >= 0.6 is 0 Å². The smallest absolute Gasteiger partial charge is 0.132 e. The fraction of sp³-hybridized carbons (Fsp3) is 0.320. The van der Waals surface area contributed by atoms with Crippen LogP contribution < -0.4 is 5.32 Å². The summed E-state index contributed by atoms with van der Waals surface area (Å²) in [5.41, 5.74) is 4.57. The second-order valence-electron chi connectivity index (χ2n) is 7.71. The number of hydrogen-bond donors (Lipinski definition) is 1. The molecule has 2 aliphatic rings. The maximum Gasteiger partial charge on any atom is 0.132 e. The molecule has 152 valence electrons. The van der Waals surface area contributed by atoms with Gasteiger partial charge in [0.2, 0.25) is 0 Å². The quantitative estimate of drug-likeness (QED) is 0.662. The van der Waals surface area contributed by atoms with Gasteiger partial charge in [-0.05, 0) is 38.5 Å². The lowest BCUT2D eigenvalue weighted by Crippen LogP contribution is -2.50. The Morgan fingerprint density at radius 2 is 2.00 bits per heavy atom. The van der Waals surface area contributed by atoms with E-state index in [1.54, 1.807) is 12.1 Å². The van der Waals surface area contributed by atoms with Crippen molar-refractivity contribution in [2.75, 3.05) is 18.9 Å². The molecule has 0 bridgehead atoms. The molecule has 1 N–H and O–H groups in total. The third-order valence-corrected chi connectivity index (χ3v) is 5.78. The summed E-state index contributed by atoms with van der Waals surface area (Å²) in [6, 6.07) is 13.6. The number of nitrogens with one attached hydrogen (secondary N) is 1. The van der Waals surface area contributed by atoms with E-state index in [9.17, 15) is 4.39 Å². The van der Waals surface area contributed by atoms with Gasteiger partial charge in [0.25, 0.3) is 0 Å². The van der Waals surface area contributed by atoms with Crippen molar-refractivity contribution in [3.05, 3.63) is 90.3 Å². The second kappa shape index (κ2) is 8.64. The monoisotopic (exact) mass is 391 g/mol. The highest BCUT2D eigenvalue weighted by molar-refractivity contribution is 6.03. The number of fused-ring (bicyclic) bond motifs is 2. The molecule has 4 heteroatoms. The predicted octanol–water partition coefficient (Wildman–Crippen LogP) is 5.88. The Kier molecular flexibility index (Phi) is 6.21. The van der Waals surface area contributed by atoms with E-state index < -0.39 is 0 Å². The molecule has 2 unspecified atom stereocenters. The Bertz CT molecular complexity index is 933. The second-order valence-corrected chi connectivity index (χ2v) is 7.71. The maximum absolute atomic E-state index is 14.5. The molecule has 0 fully saturated rings. The summed E-state index contributed by atoms with van der Waals surface area (Å²) in [5.74, 6) is 0.108. The Hall–Kier alpha value is -2.88. The molecule has 29 heavy (non-hydrogen) atoms. The summed E-state index contributed by atoms with van der Waals surface area (Å²) in [6.07, 6.45) is 5.30. The van der Waals surface area contributed by atoms with Gasteiger partial charge in [0.1, 0.15) is 5.82 Å². The Balaban J connectivity index is 0.000000755. The van der Waals surface area contributed by atoms with Gasteiger partial charge in [-0.3, -0.25) is 5.01 Å². The van der Waals surface area contributed by atoms with E-state index in [4.69, 9.17) is 5.10 Å². The highest BCUT2D eigenvalue weighted by Gasteiger charge is 2.51. The van der Waals surface area contributed by atoms with Crippen LogP contribution in [0.1, 0.15) is 36.5 Å². The summed E-state index contributed by atoms with van der Waals surface area (Å²) < 4.78 is 14.5. The van der Waals surface area contributed by atoms with Gasteiger partial charge in [-0.15, -0.1) is 13.2 Å². The number of hydrogen-bond acceptors (Lipinski definition) is 3. The van der Waals surface area contributed by atoms with Gasteiger partial charge in [0.15, 0.2) is 0 Å². The topological polar surface area (TPSA) is 27.6 Å². The van der Waals surface area contributed by atoms with E-state index in [1.165, 1.54) is 11.6 Å². The first-order valence-corrected chi connectivity index (χ1v) is 10.1. The molecule has 0 aromatic heterocycles.